The first-order chi connectivity index (χ1) is 15.2. The van der Waals surface area contributed by atoms with Gasteiger partial charge in [-0.1, -0.05) is 24.3 Å². The third-order valence-electron chi connectivity index (χ3n) is 5.65. The number of nitrogens with one attached hydrogen (secondary N) is 2. The maximum absolute atomic E-state index is 6.00. The second kappa shape index (κ2) is 10.5. The van der Waals surface area contributed by atoms with Crippen LogP contribution in [0.1, 0.15) is 30.9 Å². The van der Waals surface area contributed by atoms with Crippen molar-refractivity contribution in [2.75, 3.05) is 38.3 Å². The fraction of sp³-hybridized carbons (Fsp3) is 0.500. The summed E-state index contributed by atoms with van der Waals surface area (Å²) < 4.78 is 11.6. The molecular weight excluding hydrogens is 390 g/mol. The highest BCUT2D eigenvalue weighted by Gasteiger charge is 2.22. The fourth-order valence-corrected chi connectivity index (χ4v) is 3.60. The SMILES string of the molecule is CN=C(NCc1ccc(N2CCOC(C)C2)nc1)NCc1ccccc1OCC1CC1. The molecule has 0 amide bonds. The van der Waals surface area contributed by atoms with Gasteiger partial charge in [-0.05, 0) is 43.4 Å². The van der Waals surface area contributed by atoms with Crippen molar-refractivity contribution in [3.63, 3.8) is 0 Å². The Morgan fingerprint density at radius 3 is 2.77 bits per heavy atom. The number of guanidine groups is 1. The Labute approximate surface area is 184 Å². The minimum atomic E-state index is 0.246. The van der Waals surface area contributed by atoms with E-state index >= 15 is 0 Å². The first-order valence-electron chi connectivity index (χ1n) is 11.2. The number of hydrogen-bond donors (Lipinski definition) is 2. The second-order valence-corrected chi connectivity index (χ2v) is 8.29. The third kappa shape index (κ3) is 6.34. The number of nitrogens with zero attached hydrogens (tertiary/aromatic N) is 3. The van der Waals surface area contributed by atoms with Gasteiger partial charge in [0.1, 0.15) is 11.6 Å². The molecule has 2 heterocycles. The Morgan fingerprint density at radius 2 is 2.03 bits per heavy atom. The summed E-state index contributed by atoms with van der Waals surface area (Å²) in [5.41, 5.74) is 2.25. The van der Waals surface area contributed by atoms with E-state index in [-0.39, 0.29) is 6.10 Å². The predicted octanol–water partition coefficient (Wildman–Crippen LogP) is 2.96. The summed E-state index contributed by atoms with van der Waals surface area (Å²) in [5, 5.41) is 6.75. The molecule has 2 aliphatic rings. The Morgan fingerprint density at radius 1 is 1.19 bits per heavy atom. The monoisotopic (exact) mass is 423 g/mol. The van der Waals surface area contributed by atoms with Crippen LogP contribution in [-0.2, 0) is 17.8 Å². The number of anilines is 1. The summed E-state index contributed by atoms with van der Waals surface area (Å²) >= 11 is 0. The van der Waals surface area contributed by atoms with Crippen molar-refractivity contribution < 1.29 is 9.47 Å². The fourth-order valence-electron chi connectivity index (χ4n) is 3.60. The van der Waals surface area contributed by atoms with Gasteiger partial charge in [0.25, 0.3) is 0 Å². The maximum Gasteiger partial charge on any atom is 0.191 e. The van der Waals surface area contributed by atoms with Crippen molar-refractivity contribution in [1.29, 1.82) is 0 Å². The van der Waals surface area contributed by atoms with Gasteiger partial charge in [0.15, 0.2) is 5.96 Å². The molecule has 1 aromatic heterocycles. The molecule has 0 radical (unpaired) electrons. The van der Waals surface area contributed by atoms with Crippen LogP contribution in [0.4, 0.5) is 5.82 Å². The lowest BCUT2D eigenvalue weighted by atomic mass is 10.2. The normalized spacial score (nSPS) is 19.2. The Balaban J connectivity index is 1.26. The van der Waals surface area contributed by atoms with E-state index in [4.69, 9.17) is 9.47 Å². The van der Waals surface area contributed by atoms with Crippen LogP contribution in [0.15, 0.2) is 47.6 Å². The zero-order valence-corrected chi connectivity index (χ0v) is 18.5. The lowest BCUT2D eigenvalue weighted by Gasteiger charge is -2.32. The van der Waals surface area contributed by atoms with Crippen molar-refractivity contribution in [3.8, 4) is 5.75 Å². The molecule has 0 bridgehead atoms. The van der Waals surface area contributed by atoms with Gasteiger partial charge in [-0.15, -0.1) is 0 Å². The van der Waals surface area contributed by atoms with Crippen LogP contribution in [0.3, 0.4) is 0 Å². The topological polar surface area (TPSA) is 71.0 Å². The van der Waals surface area contributed by atoms with Crippen molar-refractivity contribution >= 4 is 11.8 Å². The largest absolute Gasteiger partial charge is 0.493 e. The molecule has 2 N–H and O–H groups in total. The average Bonchev–Trinajstić information content (AvgIpc) is 3.63. The summed E-state index contributed by atoms with van der Waals surface area (Å²) in [6.07, 6.45) is 4.75. The van der Waals surface area contributed by atoms with E-state index in [2.05, 4.69) is 50.6 Å². The summed E-state index contributed by atoms with van der Waals surface area (Å²) in [6, 6.07) is 12.4. The number of aromatic nitrogens is 1. The van der Waals surface area contributed by atoms with Crippen molar-refractivity contribution in [3.05, 3.63) is 53.7 Å². The van der Waals surface area contributed by atoms with E-state index in [1.165, 1.54) is 12.8 Å². The first kappa shape index (κ1) is 21.4. The molecule has 1 saturated heterocycles. The third-order valence-corrected chi connectivity index (χ3v) is 5.65. The number of benzene rings is 1. The quantitative estimate of drug-likeness (QED) is 0.503. The Kier molecular flexibility index (Phi) is 7.25. The maximum atomic E-state index is 6.00. The van der Waals surface area contributed by atoms with Crippen LogP contribution in [0, 0.1) is 5.92 Å². The molecule has 31 heavy (non-hydrogen) atoms. The van der Waals surface area contributed by atoms with Crippen molar-refractivity contribution in [2.24, 2.45) is 10.9 Å². The molecule has 1 atom stereocenters. The molecule has 7 heteroatoms. The van der Waals surface area contributed by atoms with Gasteiger partial charge in [0, 0.05) is 45.0 Å². The van der Waals surface area contributed by atoms with E-state index < -0.39 is 0 Å². The number of para-hydroxylation sites is 1. The number of hydrogen-bond acceptors (Lipinski definition) is 5. The smallest absolute Gasteiger partial charge is 0.191 e. The molecule has 166 valence electrons. The van der Waals surface area contributed by atoms with Gasteiger partial charge in [-0.25, -0.2) is 4.98 Å². The lowest BCUT2D eigenvalue weighted by molar-refractivity contribution is 0.0529. The van der Waals surface area contributed by atoms with Crippen LogP contribution >= 0.6 is 0 Å². The number of pyridine rings is 1. The minimum Gasteiger partial charge on any atom is -0.493 e. The standard InChI is InChI=1S/C24H33N5O2/c1-18-16-29(11-12-30-18)23-10-9-20(13-26-23)14-27-24(25-2)28-15-21-5-3-4-6-22(21)31-17-19-7-8-19/h3-6,9-10,13,18-19H,7-8,11-12,14-17H2,1-2H3,(H2,25,27,28). The van der Waals surface area contributed by atoms with Crippen LogP contribution in [0.2, 0.25) is 0 Å². The van der Waals surface area contributed by atoms with Crippen LogP contribution in [0.25, 0.3) is 0 Å². The van der Waals surface area contributed by atoms with Gasteiger partial charge < -0.3 is 25.0 Å². The predicted molar refractivity (Wildman–Crippen MR) is 124 cm³/mol. The van der Waals surface area contributed by atoms with E-state index in [9.17, 15) is 0 Å². The molecule has 4 rings (SSSR count). The molecule has 1 saturated carbocycles. The van der Waals surface area contributed by atoms with Crippen LogP contribution < -0.4 is 20.3 Å². The number of morpholine rings is 1. The average molecular weight is 424 g/mol. The van der Waals surface area contributed by atoms with Crippen molar-refractivity contribution in [1.82, 2.24) is 15.6 Å². The van der Waals surface area contributed by atoms with Gasteiger partial charge in [-0.2, -0.15) is 0 Å². The van der Waals surface area contributed by atoms with Gasteiger partial charge in [0.05, 0.1) is 19.3 Å². The number of aliphatic imine (C=N–C) groups is 1. The molecule has 2 fully saturated rings. The molecule has 1 unspecified atom stereocenters. The van der Waals surface area contributed by atoms with E-state index in [0.29, 0.717) is 13.1 Å². The zero-order valence-electron chi connectivity index (χ0n) is 18.5. The number of ether oxygens (including phenoxy) is 2. The summed E-state index contributed by atoms with van der Waals surface area (Å²) in [4.78, 5) is 11.3. The van der Waals surface area contributed by atoms with E-state index in [0.717, 1.165) is 60.9 Å². The zero-order chi connectivity index (χ0) is 21.5. The summed E-state index contributed by atoms with van der Waals surface area (Å²) in [5.74, 6) is 3.45. The highest BCUT2D eigenvalue weighted by Crippen LogP contribution is 2.30. The van der Waals surface area contributed by atoms with Crippen LogP contribution in [-0.4, -0.2) is 50.4 Å². The summed E-state index contributed by atoms with van der Waals surface area (Å²) in [7, 11) is 1.78. The molecular formula is C24H33N5O2. The van der Waals surface area contributed by atoms with Crippen molar-refractivity contribution in [2.45, 2.75) is 39.0 Å². The molecule has 1 aromatic carbocycles. The molecule has 0 spiro atoms. The highest BCUT2D eigenvalue weighted by atomic mass is 16.5. The molecule has 7 nitrogen and oxygen atoms in total. The van der Waals surface area contributed by atoms with Gasteiger partial charge >= 0.3 is 0 Å². The lowest BCUT2D eigenvalue weighted by Crippen LogP contribution is -2.41. The minimum absolute atomic E-state index is 0.246. The molecule has 2 aromatic rings. The Bertz CT molecular complexity index is 867. The number of rotatable bonds is 8. The van der Waals surface area contributed by atoms with E-state index in [1.807, 2.05) is 24.4 Å². The Hall–Kier alpha value is -2.80. The van der Waals surface area contributed by atoms with Crippen LogP contribution in [0.5, 0.6) is 5.75 Å². The summed E-state index contributed by atoms with van der Waals surface area (Å²) in [6.45, 7) is 6.75. The first-order valence-corrected chi connectivity index (χ1v) is 11.2. The molecule has 1 aliphatic heterocycles. The van der Waals surface area contributed by atoms with E-state index in [1.54, 1.807) is 7.05 Å². The van der Waals surface area contributed by atoms with Gasteiger partial charge in [-0.3, -0.25) is 4.99 Å². The highest BCUT2D eigenvalue weighted by molar-refractivity contribution is 5.79. The molecule has 1 aliphatic carbocycles. The van der Waals surface area contributed by atoms with Gasteiger partial charge in [0.2, 0.25) is 0 Å². The second-order valence-electron chi connectivity index (χ2n) is 8.29.